The standard InChI is InChI=1S/C19H27N3O3S/c1-26(24,25)10-7-17(23)20-18-15-11-21-8-9-22(12-15)14-19(18,13-21)16-5-3-2-4-6-16/h2-6,15,18H,7-14H2,1H3,(H,20,23)/t15?,18-,19?/m0/s1. The fourth-order valence-electron chi connectivity index (χ4n) is 5.09. The van der Waals surface area contributed by atoms with Crippen LogP contribution in [0.1, 0.15) is 12.0 Å². The Labute approximate surface area is 155 Å². The van der Waals surface area contributed by atoms with E-state index in [2.05, 4.69) is 39.4 Å². The Bertz CT molecular complexity index is 764. The fourth-order valence-corrected chi connectivity index (χ4v) is 5.65. The van der Waals surface area contributed by atoms with E-state index in [0.717, 1.165) is 39.3 Å². The molecule has 26 heavy (non-hydrogen) atoms. The van der Waals surface area contributed by atoms with Crippen LogP contribution in [-0.4, -0.2) is 81.4 Å². The molecule has 4 aliphatic heterocycles. The largest absolute Gasteiger partial charge is 0.352 e. The van der Waals surface area contributed by atoms with E-state index in [4.69, 9.17) is 0 Å². The Morgan fingerprint density at radius 2 is 1.77 bits per heavy atom. The lowest BCUT2D eigenvalue weighted by molar-refractivity contribution is -0.124. The summed E-state index contributed by atoms with van der Waals surface area (Å²) >= 11 is 0. The lowest BCUT2D eigenvalue weighted by Gasteiger charge is -2.55. The van der Waals surface area contributed by atoms with Crippen LogP contribution in [0.3, 0.4) is 0 Å². The Balaban J connectivity index is 1.63. The van der Waals surface area contributed by atoms with Crippen LogP contribution in [-0.2, 0) is 20.0 Å². The predicted octanol–water partition coefficient (Wildman–Crippen LogP) is 0.105. The minimum absolute atomic E-state index is 0.0420. The lowest BCUT2D eigenvalue weighted by atomic mass is 9.64. The Morgan fingerprint density at radius 3 is 2.35 bits per heavy atom. The van der Waals surface area contributed by atoms with Crippen molar-refractivity contribution in [3.8, 4) is 0 Å². The molecule has 0 saturated carbocycles. The predicted molar refractivity (Wildman–Crippen MR) is 101 cm³/mol. The first kappa shape index (κ1) is 17.9. The highest BCUT2D eigenvalue weighted by atomic mass is 32.2. The third-order valence-corrected chi connectivity index (χ3v) is 7.11. The van der Waals surface area contributed by atoms with Crippen molar-refractivity contribution in [2.24, 2.45) is 5.92 Å². The van der Waals surface area contributed by atoms with Crippen LogP contribution in [0.15, 0.2) is 30.3 Å². The second-order valence-electron chi connectivity index (χ2n) is 8.18. The van der Waals surface area contributed by atoms with Crippen molar-refractivity contribution < 1.29 is 13.2 Å². The minimum Gasteiger partial charge on any atom is -0.352 e. The first-order valence-electron chi connectivity index (χ1n) is 9.33. The monoisotopic (exact) mass is 377 g/mol. The van der Waals surface area contributed by atoms with E-state index in [1.165, 1.54) is 11.8 Å². The van der Waals surface area contributed by atoms with Crippen LogP contribution in [0.5, 0.6) is 0 Å². The summed E-state index contributed by atoms with van der Waals surface area (Å²) in [6.07, 6.45) is 1.22. The van der Waals surface area contributed by atoms with E-state index in [9.17, 15) is 13.2 Å². The lowest BCUT2D eigenvalue weighted by Crippen LogP contribution is -2.70. The molecule has 4 heterocycles. The van der Waals surface area contributed by atoms with Crippen molar-refractivity contribution in [2.45, 2.75) is 17.9 Å². The number of sulfone groups is 1. The third kappa shape index (κ3) is 3.40. The van der Waals surface area contributed by atoms with Crippen LogP contribution in [0.4, 0.5) is 0 Å². The molecule has 4 bridgehead atoms. The van der Waals surface area contributed by atoms with Crippen LogP contribution in [0.2, 0.25) is 0 Å². The molecule has 2 unspecified atom stereocenters. The maximum absolute atomic E-state index is 12.5. The summed E-state index contributed by atoms with van der Waals surface area (Å²) in [7, 11) is -3.13. The van der Waals surface area contributed by atoms with Gasteiger partial charge < -0.3 is 15.1 Å². The van der Waals surface area contributed by atoms with Gasteiger partial charge in [0.25, 0.3) is 0 Å². The number of carbonyl (C=O) groups excluding carboxylic acids is 1. The number of hydrogen-bond acceptors (Lipinski definition) is 5. The maximum atomic E-state index is 12.5. The van der Waals surface area contributed by atoms with E-state index < -0.39 is 9.84 Å². The molecule has 0 spiro atoms. The van der Waals surface area contributed by atoms with Gasteiger partial charge in [-0.15, -0.1) is 0 Å². The average molecular weight is 378 g/mol. The zero-order valence-corrected chi connectivity index (χ0v) is 16.0. The minimum atomic E-state index is -3.13. The summed E-state index contributed by atoms with van der Waals surface area (Å²) in [5, 5.41) is 3.24. The molecule has 4 saturated heterocycles. The first-order chi connectivity index (χ1) is 12.4. The van der Waals surface area contributed by atoms with Crippen LogP contribution in [0.25, 0.3) is 0 Å². The van der Waals surface area contributed by atoms with E-state index in [-0.39, 0.29) is 29.5 Å². The number of benzene rings is 1. The molecule has 7 heteroatoms. The topological polar surface area (TPSA) is 69.7 Å². The van der Waals surface area contributed by atoms with Gasteiger partial charge >= 0.3 is 0 Å². The van der Waals surface area contributed by atoms with Gasteiger partial charge in [-0.25, -0.2) is 8.42 Å². The molecule has 1 aromatic carbocycles. The number of rotatable bonds is 5. The highest BCUT2D eigenvalue weighted by Crippen LogP contribution is 2.43. The number of nitrogens with one attached hydrogen (secondary N) is 1. The van der Waals surface area contributed by atoms with Gasteiger partial charge in [0.1, 0.15) is 9.84 Å². The SMILES string of the molecule is CS(=O)(=O)CCC(=O)N[C@H]1C2CN3CCN(C2)CC1(c1ccccc1)C3. The Hall–Kier alpha value is -1.44. The van der Waals surface area contributed by atoms with Crippen molar-refractivity contribution in [1.29, 1.82) is 0 Å². The van der Waals surface area contributed by atoms with Crippen molar-refractivity contribution >= 4 is 15.7 Å². The second-order valence-corrected chi connectivity index (χ2v) is 10.4. The maximum Gasteiger partial charge on any atom is 0.221 e. The number of hydrogen-bond donors (Lipinski definition) is 1. The molecule has 4 fully saturated rings. The van der Waals surface area contributed by atoms with Crippen molar-refractivity contribution in [3.63, 3.8) is 0 Å². The second kappa shape index (κ2) is 6.62. The average Bonchev–Trinajstić information content (AvgIpc) is 2.85. The quantitative estimate of drug-likeness (QED) is 0.789. The van der Waals surface area contributed by atoms with Gasteiger partial charge in [-0.1, -0.05) is 30.3 Å². The zero-order chi connectivity index (χ0) is 18.4. The number of fused-ring (bicyclic) bond motifs is 1. The highest BCUT2D eigenvalue weighted by molar-refractivity contribution is 7.90. The molecule has 0 radical (unpaired) electrons. The van der Waals surface area contributed by atoms with Crippen molar-refractivity contribution in [2.75, 3.05) is 51.3 Å². The number of amides is 1. The normalized spacial score (nSPS) is 35.9. The van der Waals surface area contributed by atoms with Gasteiger partial charge in [-0.3, -0.25) is 4.79 Å². The molecule has 3 atom stereocenters. The summed E-state index contributed by atoms with van der Waals surface area (Å²) in [6.45, 7) is 6.06. The Kier molecular flexibility index (Phi) is 4.57. The summed E-state index contributed by atoms with van der Waals surface area (Å²) in [4.78, 5) is 17.6. The summed E-state index contributed by atoms with van der Waals surface area (Å²) < 4.78 is 22.8. The molecule has 0 aliphatic carbocycles. The first-order valence-corrected chi connectivity index (χ1v) is 11.4. The smallest absolute Gasteiger partial charge is 0.221 e. The van der Waals surface area contributed by atoms with Crippen LogP contribution in [0, 0.1) is 5.92 Å². The molecule has 6 nitrogen and oxygen atoms in total. The summed E-state index contributed by atoms with van der Waals surface area (Å²) in [5.41, 5.74) is 1.15. The van der Waals surface area contributed by atoms with Gasteiger partial charge in [0.05, 0.1) is 5.75 Å². The molecule has 1 amide bonds. The molecular formula is C19H27N3O3S. The van der Waals surface area contributed by atoms with E-state index in [1.54, 1.807) is 0 Å². The van der Waals surface area contributed by atoms with E-state index >= 15 is 0 Å². The van der Waals surface area contributed by atoms with Gasteiger partial charge in [0.2, 0.25) is 5.91 Å². The molecule has 142 valence electrons. The van der Waals surface area contributed by atoms with E-state index in [1.807, 2.05) is 6.07 Å². The third-order valence-electron chi connectivity index (χ3n) is 6.16. The number of carbonyl (C=O) groups is 1. The van der Waals surface area contributed by atoms with Crippen molar-refractivity contribution in [1.82, 2.24) is 15.1 Å². The Morgan fingerprint density at radius 1 is 1.15 bits per heavy atom. The van der Waals surface area contributed by atoms with Gasteiger partial charge in [-0.05, 0) is 5.56 Å². The van der Waals surface area contributed by atoms with Gasteiger partial charge in [0, 0.05) is 69.3 Å². The molecule has 0 aromatic heterocycles. The van der Waals surface area contributed by atoms with Crippen LogP contribution >= 0.6 is 0 Å². The van der Waals surface area contributed by atoms with Crippen LogP contribution < -0.4 is 5.32 Å². The fraction of sp³-hybridized carbons (Fsp3) is 0.632. The van der Waals surface area contributed by atoms with E-state index in [0.29, 0.717) is 5.92 Å². The van der Waals surface area contributed by atoms with Crippen molar-refractivity contribution in [3.05, 3.63) is 35.9 Å². The molecular weight excluding hydrogens is 350 g/mol. The number of nitrogens with zero attached hydrogens (tertiary/aromatic N) is 2. The highest BCUT2D eigenvalue weighted by Gasteiger charge is 2.55. The molecule has 5 rings (SSSR count). The van der Waals surface area contributed by atoms with Gasteiger partial charge in [-0.2, -0.15) is 0 Å². The molecule has 4 aliphatic rings. The zero-order valence-electron chi connectivity index (χ0n) is 15.2. The summed E-state index contributed by atoms with van der Waals surface area (Å²) in [6, 6.07) is 10.6. The number of piperidine rings is 2. The summed E-state index contributed by atoms with van der Waals surface area (Å²) in [5.74, 6) is 0.140. The van der Waals surface area contributed by atoms with Gasteiger partial charge in [0.15, 0.2) is 0 Å². The molecule has 1 N–H and O–H groups in total. The molecule has 1 aromatic rings.